The van der Waals surface area contributed by atoms with Gasteiger partial charge in [-0.15, -0.1) is 0 Å². The highest BCUT2D eigenvalue weighted by atomic mass is 79.9. The Balaban J connectivity index is 2.16. The Morgan fingerprint density at radius 2 is 1.52 bits per heavy atom. The first-order valence-corrected chi connectivity index (χ1v) is 11.4. The highest BCUT2D eigenvalue weighted by Crippen LogP contribution is 2.55. The number of halogens is 1. The Kier molecular flexibility index (Phi) is 7.22. The van der Waals surface area contributed by atoms with Crippen molar-refractivity contribution in [2.75, 3.05) is 0 Å². The first-order valence-electron chi connectivity index (χ1n) is 10.6. The van der Waals surface area contributed by atoms with Crippen molar-refractivity contribution in [2.45, 2.75) is 63.8 Å². The molecule has 0 saturated heterocycles. The van der Waals surface area contributed by atoms with E-state index in [0.29, 0.717) is 0 Å². The molecule has 3 rings (SSSR count). The van der Waals surface area contributed by atoms with E-state index in [-0.39, 0.29) is 18.4 Å². The van der Waals surface area contributed by atoms with Crippen molar-refractivity contribution >= 4 is 27.9 Å². The van der Waals surface area contributed by atoms with Crippen LogP contribution in [0.2, 0.25) is 0 Å². The van der Waals surface area contributed by atoms with Crippen LogP contribution in [-0.2, 0) is 19.1 Å². The smallest absolute Gasteiger partial charge is 0.339 e. The molecule has 0 bridgehead atoms. The standard InChI is InChI=1S/C25H29BrO5/c1-15(2)30-23(27)22-21(18-10-12-19(26)13-11-18)20(17-8-6-5-7-9-17)14-25(22,29)24(28)31-16(3)4/h5-13,15-16,20-22,29H,14H2,1-4H3/t20-,21+,22+,25+/m0/s1. The van der Waals surface area contributed by atoms with E-state index < -0.39 is 35.5 Å². The molecule has 2 aromatic carbocycles. The van der Waals surface area contributed by atoms with Gasteiger partial charge < -0.3 is 14.6 Å². The second-order valence-corrected chi connectivity index (χ2v) is 9.56. The molecule has 0 radical (unpaired) electrons. The van der Waals surface area contributed by atoms with Crippen molar-refractivity contribution in [1.82, 2.24) is 0 Å². The zero-order valence-corrected chi connectivity index (χ0v) is 19.8. The first-order chi connectivity index (χ1) is 14.6. The van der Waals surface area contributed by atoms with Crippen LogP contribution in [0.4, 0.5) is 0 Å². The van der Waals surface area contributed by atoms with Crippen LogP contribution in [0, 0.1) is 5.92 Å². The first kappa shape index (κ1) is 23.5. The molecule has 1 saturated carbocycles. The van der Waals surface area contributed by atoms with E-state index in [1.807, 2.05) is 54.6 Å². The molecule has 0 aliphatic heterocycles. The summed E-state index contributed by atoms with van der Waals surface area (Å²) in [6.07, 6.45) is -0.722. The van der Waals surface area contributed by atoms with Crippen molar-refractivity contribution in [3.63, 3.8) is 0 Å². The molecule has 0 spiro atoms. The normalized spacial score (nSPS) is 25.6. The van der Waals surface area contributed by atoms with E-state index in [0.717, 1.165) is 15.6 Å². The van der Waals surface area contributed by atoms with Gasteiger partial charge in [0.05, 0.1) is 12.2 Å². The number of benzene rings is 2. The van der Waals surface area contributed by atoms with E-state index in [1.54, 1.807) is 27.7 Å². The average Bonchev–Trinajstić information content (AvgIpc) is 3.03. The number of esters is 2. The summed E-state index contributed by atoms with van der Waals surface area (Å²) in [7, 11) is 0. The highest BCUT2D eigenvalue weighted by Gasteiger charge is 2.62. The summed E-state index contributed by atoms with van der Waals surface area (Å²) in [4.78, 5) is 26.4. The summed E-state index contributed by atoms with van der Waals surface area (Å²) in [5.74, 6) is -3.19. The number of aliphatic hydroxyl groups is 1. The molecule has 2 aromatic rings. The molecule has 5 nitrogen and oxygen atoms in total. The van der Waals surface area contributed by atoms with Crippen LogP contribution in [0.3, 0.4) is 0 Å². The summed E-state index contributed by atoms with van der Waals surface area (Å²) in [6.45, 7) is 6.94. The van der Waals surface area contributed by atoms with Gasteiger partial charge in [0.2, 0.25) is 0 Å². The van der Waals surface area contributed by atoms with Crippen LogP contribution >= 0.6 is 15.9 Å². The number of hydrogen-bond acceptors (Lipinski definition) is 5. The van der Waals surface area contributed by atoms with Gasteiger partial charge in [-0.3, -0.25) is 4.79 Å². The maximum atomic E-state index is 13.3. The predicted octanol–water partition coefficient (Wildman–Crippen LogP) is 4.97. The second kappa shape index (κ2) is 9.53. The molecule has 4 atom stereocenters. The summed E-state index contributed by atoms with van der Waals surface area (Å²) < 4.78 is 11.8. The number of ether oxygens (including phenoxy) is 2. The SMILES string of the molecule is CC(C)OC(=O)[C@H]1[C@H](c2ccc(Br)cc2)[C@H](c2ccccc2)C[C@]1(O)C(=O)OC(C)C. The summed E-state index contributed by atoms with van der Waals surface area (Å²) >= 11 is 3.45. The maximum Gasteiger partial charge on any atom is 0.339 e. The summed E-state index contributed by atoms with van der Waals surface area (Å²) in [5.41, 5.74) is -0.184. The number of carbonyl (C=O) groups is 2. The molecular weight excluding hydrogens is 460 g/mol. The molecule has 1 aliphatic carbocycles. The minimum absolute atomic E-state index is 0.0706. The number of rotatable bonds is 6. The van der Waals surface area contributed by atoms with Gasteiger partial charge in [-0.2, -0.15) is 0 Å². The monoisotopic (exact) mass is 488 g/mol. The summed E-state index contributed by atoms with van der Waals surface area (Å²) in [5, 5.41) is 11.7. The fourth-order valence-corrected chi connectivity index (χ4v) is 4.69. The zero-order valence-electron chi connectivity index (χ0n) is 18.2. The molecule has 0 amide bonds. The molecular formula is C25H29BrO5. The van der Waals surface area contributed by atoms with Crippen molar-refractivity contribution in [2.24, 2.45) is 5.92 Å². The van der Waals surface area contributed by atoms with Gasteiger partial charge in [-0.25, -0.2) is 4.79 Å². The van der Waals surface area contributed by atoms with Gasteiger partial charge in [-0.05, 0) is 63.3 Å². The minimum atomic E-state index is -1.99. The van der Waals surface area contributed by atoms with Gasteiger partial charge in [0.25, 0.3) is 0 Å². The highest BCUT2D eigenvalue weighted by molar-refractivity contribution is 9.10. The average molecular weight is 489 g/mol. The fourth-order valence-electron chi connectivity index (χ4n) is 4.43. The minimum Gasteiger partial charge on any atom is -0.463 e. The Morgan fingerprint density at radius 3 is 2.06 bits per heavy atom. The zero-order chi connectivity index (χ0) is 22.8. The van der Waals surface area contributed by atoms with E-state index in [9.17, 15) is 14.7 Å². The Morgan fingerprint density at radius 1 is 0.935 bits per heavy atom. The van der Waals surface area contributed by atoms with Crippen molar-refractivity contribution in [1.29, 1.82) is 0 Å². The molecule has 0 aromatic heterocycles. The molecule has 31 heavy (non-hydrogen) atoms. The molecule has 1 fully saturated rings. The van der Waals surface area contributed by atoms with E-state index in [1.165, 1.54) is 0 Å². The number of hydrogen-bond donors (Lipinski definition) is 1. The van der Waals surface area contributed by atoms with Crippen LogP contribution in [0.25, 0.3) is 0 Å². The fraction of sp³-hybridized carbons (Fsp3) is 0.440. The van der Waals surface area contributed by atoms with Gasteiger partial charge in [0.15, 0.2) is 5.60 Å². The van der Waals surface area contributed by atoms with Crippen LogP contribution in [0.1, 0.15) is 57.1 Å². The lowest BCUT2D eigenvalue weighted by Crippen LogP contribution is -2.49. The van der Waals surface area contributed by atoms with Crippen molar-refractivity contribution in [3.05, 3.63) is 70.2 Å². The van der Waals surface area contributed by atoms with E-state index in [2.05, 4.69) is 15.9 Å². The third-order valence-electron chi connectivity index (χ3n) is 5.62. The Labute approximate surface area is 191 Å². The second-order valence-electron chi connectivity index (χ2n) is 8.64. The lowest BCUT2D eigenvalue weighted by Gasteiger charge is -2.31. The Bertz CT molecular complexity index is 909. The molecule has 0 unspecified atom stereocenters. The molecule has 1 N–H and O–H groups in total. The maximum absolute atomic E-state index is 13.3. The van der Waals surface area contributed by atoms with Gasteiger partial charge >= 0.3 is 11.9 Å². The molecule has 1 aliphatic rings. The topological polar surface area (TPSA) is 72.8 Å². The van der Waals surface area contributed by atoms with Crippen molar-refractivity contribution < 1.29 is 24.2 Å². The van der Waals surface area contributed by atoms with Crippen molar-refractivity contribution in [3.8, 4) is 0 Å². The largest absolute Gasteiger partial charge is 0.463 e. The van der Waals surface area contributed by atoms with Gasteiger partial charge in [0, 0.05) is 10.4 Å². The third kappa shape index (κ3) is 5.01. The van der Waals surface area contributed by atoms with Crippen LogP contribution < -0.4 is 0 Å². The van der Waals surface area contributed by atoms with Crippen LogP contribution in [-0.4, -0.2) is 34.9 Å². The van der Waals surface area contributed by atoms with E-state index >= 15 is 0 Å². The third-order valence-corrected chi connectivity index (χ3v) is 6.15. The lowest BCUT2D eigenvalue weighted by molar-refractivity contribution is -0.183. The summed E-state index contributed by atoms with van der Waals surface area (Å²) in [6, 6.07) is 17.3. The predicted molar refractivity (Wildman–Crippen MR) is 122 cm³/mol. The van der Waals surface area contributed by atoms with Crippen LogP contribution in [0.15, 0.2) is 59.1 Å². The quantitative estimate of drug-likeness (QED) is 0.581. The molecule has 0 heterocycles. The van der Waals surface area contributed by atoms with Crippen LogP contribution in [0.5, 0.6) is 0 Å². The number of carbonyl (C=O) groups excluding carboxylic acids is 2. The lowest BCUT2D eigenvalue weighted by atomic mass is 9.78. The van der Waals surface area contributed by atoms with E-state index in [4.69, 9.17) is 9.47 Å². The molecule has 6 heteroatoms. The van der Waals surface area contributed by atoms with Gasteiger partial charge in [-0.1, -0.05) is 58.4 Å². The molecule has 166 valence electrons. The van der Waals surface area contributed by atoms with Gasteiger partial charge in [0.1, 0.15) is 5.92 Å². The Hall–Kier alpha value is -2.18.